The van der Waals surface area contributed by atoms with Gasteiger partial charge in [0.2, 0.25) is 0 Å². The van der Waals surface area contributed by atoms with Gasteiger partial charge in [0, 0.05) is 32.3 Å². The summed E-state index contributed by atoms with van der Waals surface area (Å²) in [5.74, 6) is 1.81. The van der Waals surface area contributed by atoms with Crippen molar-refractivity contribution in [2.24, 2.45) is 11.8 Å². The van der Waals surface area contributed by atoms with Crippen LogP contribution in [0.5, 0.6) is 0 Å². The fourth-order valence-corrected chi connectivity index (χ4v) is 2.19. The second-order valence-corrected chi connectivity index (χ2v) is 4.43. The van der Waals surface area contributed by atoms with Crippen LogP contribution >= 0.6 is 0 Å². The fraction of sp³-hybridized carbons (Fsp3) is 1.00. The molecule has 2 saturated heterocycles. The molecule has 0 aromatic rings. The predicted molar refractivity (Wildman–Crippen MR) is 49.1 cm³/mol. The van der Waals surface area contributed by atoms with E-state index < -0.39 is 0 Å². The van der Waals surface area contributed by atoms with Crippen molar-refractivity contribution in [1.82, 2.24) is 4.90 Å². The molecule has 0 spiro atoms. The summed E-state index contributed by atoms with van der Waals surface area (Å²) in [6.07, 6.45) is 1.30. The van der Waals surface area contributed by atoms with Gasteiger partial charge in [-0.2, -0.15) is 0 Å². The summed E-state index contributed by atoms with van der Waals surface area (Å²) in [7, 11) is 0. The summed E-state index contributed by atoms with van der Waals surface area (Å²) in [5, 5.41) is 0. The maximum atomic E-state index is 5.39. The van der Waals surface area contributed by atoms with Crippen molar-refractivity contribution in [1.29, 1.82) is 0 Å². The van der Waals surface area contributed by atoms with Crippen LogP contribution in [0, 0.1) is 11.8 Å². The molecular formula is C10H19NO. The van der Waals surface area contributed by atoms with Crippen molar-refractivity contribution >= 4 is 0 Å². The first-order valence-corrected chi connectivity index (χ1v) is 5.09. The Balaban J connectivity index is 1.73. The summed E-state index contributed by atoms with van der Waals surface area (Å²) in [6.45, 7) is 9.21. The first-order valence-electron chi connectivity index (χ1n) is 5.09. The molecule has 0 aromatic carbocycles. The Hall–Kier alpha value is -0.0800. The van der Waals surface area contributed by atoms with Crippen LogP contribution in [0.25, 0.3) is 0 Å². The molecule has 0 aliphatic carbocycles. The monoisotopic (exact) mass is 169 g/mol. The van der Waals surface area contributed by atoms with Gasteiger partial charge in [-0.25, -0.2) is 0 Å². The zero-order chi connectivity index (χ0) is 8.55. The lowest BCUT2D eigenvalue weighted by molar-refractivity contribution is 0.0270. The van der Waals surface area contributed by atoms with Gasteiger partial charge in [-0.1, -0.05) is 0 Å². The van der Waals surface area contributed by atoms with Gasteiger partial charge >= 0.3 is 0 Å². The summed E-state index contributed by atoms with van der Waals surface area (Å²) in [4.78, 5) is 2.54. The molecule has 1 unspecified atom stereocenters. The zero-order valence-corrected chi connectivity index (χ0v) is 8.12. The molecule has 2 fully saturated rings. The molecule has 2 heterocycles. The van der Waals surface area contributed by atoms with Crippen molar-refractivity contribution < 1.29 is 4.74 Å². The van der Waals surface area contributed by atoms with Crippen LogP contribution in [0.15, 0.2) is 0 Å². The van der Waals surface area contributed by atoms with Gasteiger partial charge in [-0.3, -0.25) is 0 Å². The normalized spacial score (nSPS) is 32.8. The van der Waals surface area contributed by atoms with Crippen molar-refractivity contribution in [3.63, 3.8) is 0 Å². The first kappa shape index (κ1) is 8.52. The quantitative estimate of drug-likeness (QED) is 0.619. The smallest absolute Gasteiger partial charge is 0.0498 e. The third kappa shape index (κ3) is 1.50. The molecule has 2 rings (SSSR count). The molecule has 0 aromatic heterocycles. The number of rotatable bonds is 2. The minimum atomic E-state index is 0.739. The molecule has 0 N–H and O–H groups in total. The van der Waals surface area contributed by atoms with Crippen LogP contribution in [0.2, 0.25) is 0 Å². The Labute approximate surface area is 74.9 Å². The summed E-state index contributed by atoms with van der Waals surface area (Å²) in [5.41, 5.74) is 0. The molecule has 0 radical (unpaired) electrons. The highest BCUT2D eigenvalue weighted by atomic mass is 16.5. The molecule has 2 nitrogen and oxygen atoms in total. The van der Waals surface area contributed by atoms with Crippen LogP contribution in [-0.2, 0) is 4.74 Å². The second kappa shape index (κ2) is 3.35. The van der Waals surface area contributed by atoms with E-state index in [2.05, 4.69) is 18.7 Å². The third-order valence-electron chi connectivity index (χ3n) is 3.30. The number of hydrogen-bond donors (Lipinski definition) is 0. The maximum Gasteiger partial charge on any atom is 0.0498 e. The van der Waals surface area contributed by atoms with Crippen molar-refractivity contribution in [2.75, 3.05) is 26.3 Å². The third-order valence-corrected chi connectivity index (χ3v) is 3.30. The van der Waals surface area contributed by atoms with E-state index in [4.69, 9.17) is 4.74 Å². The Morgan fingerprint density at radius 1 is 1.25 bits per heavy atom. The first-order chi connectivity index (χ1) is 5.77. The maximum absolute atomic E-state index is 5.39. The number of nitrogens with zero attached hydrogens (tertiary/aromatic N) is 1. The van der Waals surface area contributed by atoms with E-state index in [1.165, 1.54) is 19.5 Å². The Kier molecular flexibility index (Phi) is 2.37. The van der Waals surface area contributed by atoms with Crippen LogP contribution in [0.3, 0.4) is 0 Å². The van der Waals surface area contributed by atoms with Gasteiger partial charge in [0.1, 0.15) is 0 Å². The van der Waals surface area contributed by atoms with Gasteiger partial charge in [-0.05, 0) is 32.1 Å². The molecule has 2 aliphatic rings. The molecule has 0 saturated carbocycles. The Bertz CT molecular complexity index is 146. The summed E-state index contributed by atoms with van der Waals surface area (Å²) < 4.78 is 5.39. The second-order valence-electron chi connectivity index (χ2n) is 4.43. The molecular weight excluding hydrogens is 150 g/mol. The Morgan fingerprint density at radius 3 is 2.50 bits per heavy atom. The van der Waals surface area contributed by atoms with Gasteiger partial charge in [0.25, 0.3) is 0 Å². The van der Waals surface area contributed by atoms with Gasteiger partial charge in [-0.15, -0.1) is 0 Å². The summed E-state index contributed by atoms with van der Waals surface area (Å²) >= 11 is 0. The Morgan fingerprint density at radius 2 is 2.00 bits per heavy atom. The van der Waals surface area contributed by atoms with E-state index in [0.717, 1.165) is 31.1 Å². The van der Waals surface area contributed by atoms with Gasteiger partial charge in [0.05, 0.1) is 0 Å². The lowest BCUT2D eigenvalue weighted by Gasteiger charge is -2.44. The van der Waals surface area contributed by atoms with Gasteiger partial charge < -0.3 is 9.64 Å². The highest BCUT2D eigenvalue weighted by molar-refractivity contribution is 4.87. The molecule has 12 heavy (non-hydrogen) atoms. The van der Waals surface area contributed by atoms with Crippen LogP contribution < -0.4 is 0 Å². The topological polar surface area (TPSA) is 12.5 Å². The molecule has 0 amide bonds. The highest BCUT2D eigenvalue weighted by Crippen LogP contribution is 2.30. The SMILES string of the molecule is CC(C)N1CC(C2CCOC2)C1. The van der Waals surface area contributed by atoms with E-state index in [1.54, 1.807) is 0 Å². The standard InChI is InChI=1S/C10H19NO/c1-8(2)11-5-10(6-11)9-3-4-12-7-9/h8-10H,3-7H2,1-2H3. The van der Waals surface area contributed by atoms with Crippen molar-refractivity contribution in [3.8, 4) is 0 Å². The zero-order valence-electron chi connectivity index (χ0n) is 8.12. The number of ether oxygens (including phenoxy) is 1. The van der Waals surface area contributed by atoms with E-state index in [9.17, 15) is 0 Å². The molecule has 1 atom stereocenters. The van der Waals surface area contributed by atoms with Crippen molar-refractivity contribution in [2.45, 2.75) is 26.3 Å². The van der Waals surface area contributed by atoms with Gasteiger partial charge in [0.15, 0.2) is 0 Å². The predicted octanol–water partition coefficient (Wildman–Crippen LogP) is 1.36. The summed E-state index contributed by atoms with van der Waals surface area (Å²) in [6, 6.07) is 0.739. The average molecular weight is 169 g/mol. The fourth-order valence-electron chi connectivity index (χ4n) is 2.19. The minimum Gasteiger partial charge on any atom is -0.381 e. The van der Waals surface area contributed by atoms with E-state index >= 15 is 0 Å². The highest BCUT2D eigenvalue weighted by Gasteiger charge is 2.35. The average Bonchev–Trinajstić information content (AvgIpc) is 2.34. The lowest BCUT2D eigenvalue weighted by atomic mass is 9.84. The minimum absolute atomic E-state index is 0.739. The van der Waals surface area contributed by atoms with Crippen molar-refractivity contribution in [3.05, 3.63) is 0 Å². The largest absolute Gasteiger partial charge is 0.381 e. The molecule has 0 bridgehead atoms. The lowest BCUT2D eigenvalue weighted by Crippen LogP contribution is -2.52. The van der Waals surface area contributed by atoms with Crippen LogP contribution in [-0.4, -0.2) is 37.2 Å². The number of likely N-dealkylation sites (tertiary alicyclic amines) is 1. The molecule has 2 aliphatic heterocycles. The van der Waals surface area contributed by atoms with Crippen LogP contribution in [0.4, 0.5) is 0 Å². The van der Waals surface area contributed by atoms with Crippen LogP contribution in [0.1, 0.15) is 20.3 Å². The number of hydrogen-bond acceptors (Lipinski definition) is 2. The molecule has 70 valence electrons. The van der Waals surface area contributed by atoms with E-state index in [0.29, 0.717) is 0 Å². The van der Waals surface area contributed by atoms with E-state index in [-0.39, 0.29) is 0 Å². The molecule has 2 heteroatoms. The van der Waals surface area contributed by atoms with E-state index in [1.807, 2.05) is 0 Å².